The maximum absolute atomic E-state index is 12.5. The largest absolute Gasteiger partial charge is 0.334 e. The van der Waals surface area contributed by atoms with Crippen molar-refractivity contribution in [2.24, 2.45) is 7.05 Å². The molecule has 0 radical (unpaired) electrons. The van der Waals surface area contributed by atoms with Gasteiger partial charge in [0, 0.05) is 31.4 Å². The third-order valence-electron chi connectivity index (χ3n) is 3.30. The Morgan fingerprint density at radius 2 is 1.90 bits per heavy atom. The zero-order valence-corrected chi connectivity index (χ0v) is 12.3. The highest BCUT2D eigenvalue weighted by molar-refractivity contribution is 7.89. The van der Waals surface area contributed by atoms with Crippen LogP contribution >= 0.6 is 0 Å². The summed E-state index contributed by atoms with van der Waals surface area (Å²) < 4.78 is 29.3. The number of pyridine rings is 1. The Balaban J connectivity index is 1.94. The summed E-state index contributed by atoms with van der Waals surface area (Å²) in [7, 11) is -1.79. The molecule has 0 saturated heterocycles. The molecular formula is C15H15N3O2S. The summed E-state index contributed by atoms with van der Waals surface area (Å²) in [5.74, 6) is 0. The first-order chi connectivity index (χ1) is 10.1. The summed E-state index contributed by atoms with van der Waals surface area (Å²) in [6.07, 6.45) is 3.24. The van der Waals surface area contributed by atoms with Gasteiger partial charge in [0.1, 0.15) is 10.5 Å². The van der Waals surface area contributed by atoms with E-state index in [0.717, 1.165) is 5.56 Å². The molecule has 3 aromatic rings. The Labute approximate surface area is 123 Å². The lowest BCUT2D eigenvalue weighted by Gasteiger charge is -2.05. The van der Waals surface area contributed by atoms with E-state index in [1.165, 1.54) is 0 Å². The van der Waals surface area contributed by atoms with Crippen LogP contribution in [0.4, 0.5) is 0 Å². The normalized spacial score (nSPS) is 11.9. The monoisotopic (exact) mass is 301 g/mol. The highest BCUT2D eigenvalue weighted by Gasteiger charge is 2.20. The summed E-state index contributed by atoms with van der Waals surface area (Å²) in [6.45, 7) is 0.264. The molecule has 108 valence electrons. The molecule has 0 atom stereocenters. The minimum atomic E-state index is -3.58. The number of sulfonamides is 1. The van der Waals surface area contributed by atoms with Crippen molar-refractivity contribution in [3.8, 4) is 0 Å². The lowest BCUT2D eigenvalue weighted by molar-refractivity contribution is 0.582. The van der Waals surface area contributed by atoms with E-state index in [9.17, 15) is 8.42 Å². The molecule has 6 heteroatoms. The van der Waals surface area contributed by atoms with Crippen LogP contribution < -0.4 is 4.72 Å². The molecule has 0 fully saturated rings. The summed E-state index contributed by atoms with van der Waals surface area (Å²) >= 11 is 0. The molecule has 3 rings (SSSR count). The van der Waals surface area contributed by atoms with Crippen molar-refractivity contribution >= 4 is 21.1 Å². The predicted octanol–water partition coefficient (Wildman–Crippen LogP) is 2.05. The van der Waals surface area contributed by atoms with Crippen molar-refractivity contribution in [1.82, 2.24) is 14.3 Å². The summed E-state index contributed by atoms with van der Waals surface area (Å²) in [4.78, 5) is 4.46. The molecule has 0 spiro atoms. The van der Waals surface area contributed by atoms with E-state index < -0.39 is 10.0 Å². The van der Waals surface area contributed by atoms with Crippen LogP contribution in [0.3, 0.4) is 0 Å². The highest BCUT2D eigenvalue weighted by atomic mass is 32.2. The standard InChI is InChI=1S/C15H15N3O2S/c1-18-11-14(13-8-5-9-16-15(13)18)21(19,20)17-10-12-6-3-2-4-7-12/h2-9,11,17H,10H2,1H3. The maximum atomic E-state index is 12.5. The highest BCUT2D eigenvalue weighted by Crippen LogP contribution is 2.22. The van der Waals surface area contributed by atoms with Gasteiger partial charge in [0.2, 0.25) is 10.0 Å². The van der Waals surface area contributed by atoms with Crippen molar-refractivity contribution in [1.29, 1.82) is 0 Å². The average molecular weight is 301 g/mol. The fourth-order valence-corrected chi connectivity index (χ4v) is 3.50. The number of nitrogens with one attached hydrogen (secondary N) is 1. The molecule has 1 aromatic carbocycles. The van der Waals surface area contributed by atoms with Crippen molar-refractivity contribution < 1.29 is 8.42 Å². The molecule has 0 saturated carbocycles. The van der Waals surface area contributed by atoms with Crippen LogP contribution in [-0.4, -0.2) is 18.0 Å². The Bertz CT molecular complexity index is 870. The van der Waals surface area contributed by atoms with E-state index in [1.54, 1.807) is 36.1 Å². The molecule has 1 N–H and O–H groups in total. The first-order valence-electron chi connectivity index (χ1n) is 6.51. The molecule has 0 aliphatic carbocycles. The van der Waals surface area contributed by atoms with Gasteiger partial charge < -0.3 is 4.57 Å². The minimum absolute atomic E-state index is 0.254. The molecule has 2 heterocycles. The first-order valence-corrected chi connectivity index (χ1v) is 8.00. The number of benzene rings is 1. The van der Waals surface area contributed by atoms with Crippen LogP contribution in [0.15, 0.2) is 59.8 Å². The maximum Gasteiger partial charge on any atom is 0.243 e. The average Bonchev–Trinajstić information content (AvgIpc) is 2.85. The second-order valence-corrected chi connectivity index (χ2v) is 6.52. The van der Waals surface area contributed by atoms with Gasteiger partial charge in [0.15, 0.2) is 0 Å². The Morgan fingerprint density at radius 3 is 2.67 bits per heavy atom. The van der Waals surface area contributed by atoms with Gasteiger partial charge in [-0.25, -0.2) is 18.1 Å². The second kappa shape index (κ2) is 5.31. The van der Waals surface area contributed by atoms with Crippen molar-refractivity contribution in [3.05, 3.63) is 60.4 Å². The Hall–Kier alpha value is -2.18. The Morgan fingerprint density at radius 1 is 1.14 bits per heavy atom. The van der Waals surface area contributed by atoms with Gasteiger partial charge >= 0.3 is 0 Å². The van der Waals surface area contributed by atoms with Crippen LogP contribution in [0.25, 0.3) is 11.0 Å². The topological polar surface area (TPSA) is 64.0 Å². The SMILES string of the molecule is Cn1cc(S(=O)(=O)NCc2ccccc2)c2cccnc21. The molecule has 0 amide bonds. The molecule has 5 nitrogen and oxygen atoms in total. The van der Waals surface area contributed by atoms with Crippen molar-refractivity contribution in [2.45, 2.75) is 11.4 Å². The second-order valence-electron chi connectivity index (χ2n) is 4.79. The van der Waals surface area contributed by atoms with Crippen LogP contribution in [-0.2, 0) is 23.6 Å². The van der Waals surface area contributed by atoms with Gasteiger partial charge in [-0.1, -0.05) is 30.3 Å². The van der Waals surface area contributed by atoms with E-state index in [2.05, 4.69) is 9.71 Å². The number of hydrogen-bond acceptors (Lipinski definition) is 3. The molecule has 21 heavy (non-hydrogen) atoms. The quantitative estimate of drug-likeness (QED) is 0.802. The smallest absolute Gasteiger partial charge is 0.243 e. The summed E-state index contributed by atoms with van der Waals surface area (Å²) in [5, 5.41) is 0.626. The van der Waals surface area contributed by atoms with Crippen LogP contribution in [0.5, 0.6) is 0 Å². The third-order valence-corrected chi connectivity index (χ3v) is 4.72. The van der Waals surface area contributed by atoms with Gasteiger partial charge in [0.25, 0.3) is 0 Å². The Kier molecular flexibility index (Phi) is 3.48. The minimum Gasteiger partial charge on any atom is -0.334 e. The lowest BCUT2D eigenvalue weighted by Crippen LogP contribution is -2.23. The van der Waals surface area contributed by atoms with Gasteiger partial charge in [-0.15, -0.1) is 0 Å². The van der Waals surface area contributed by atoms with E-state index >= 15 is 0 Å². The summed E-state index contributed by atoms with van der Waals surface area (Å²) in [6, 6.07) is 12.9. The van der Waals surface area contributed by atoms with E-state index in [4.69, 9.17) is 0 Å². The number of hydrogen-bond donors (Lipinski definition) is 1. The van der Waals surface area contributed by atoms with Crippen molar-refractivity contribution in [3.63, 3.8) is 0 Å². The molecule has 0 aliphatic rings. The zero-order chi connectivity index (χ0) is 14.9. The lowest BCUT2D eigenvalue weighted by atomic mass is 10.2. The number of rotatable bonds is 4. The van der Waals surface area contributed by atoms with Gasteiger partial charge in [-0.2, -0.15) is 0 Å². The van der Waals surface area contributed by atoms with Crippen LogP contribution in [0, 0.1) is 0 Å². The van der Waals surface area contributed by atoms with Gasteiger partial charge in [-0.05, 0) is 17.7 Å². The van der Waals surface area contributed by atoms with E-state index in [1.807, 2.05) is 30.3 Å². The van der Waals surface area contributed by atoms with Crippen LogP contribution in [0.2, 0.25) is 0 Å². The van der Waals surface area contributed by atoms with Gasteiger partial charge in [0.05, 0.1) is 0 Å². The van der Waals surface area contributed by atoms with Crippen LogP contribution in [0.1, 0.15) is 5.56 Å². The van der Waals surface area contributed by atoms with Crippen molar-refractivity contribution in [2.75, 3.05) is 0 Å². The van der Waals surface area contributed by atoms with Gasteiger partial charge in [-0.3, -0.25) is 0 Å². The molecular weight excluding hydrogens is 286 g/mol. The number of fused-ring (bicyclic) bond motifs is 1. The zero-order valence-electron chi connectivity index (χ0n) is 11.5. The fraction of sp³-hybridized carbons (Fsp3) is 0.133. The fourth-order valence-electron chi connectivity index (χ4n) is 2.24. The first kappa shape index (κ1) is 13.8. The van der Waals surface area contributed by atoms with E-state index in [0.29, 0.717) is 11.0 Å². The molecule has 0 unspecified atom stereocenters. The molecule has 2 aromatic heterocycles. The summed E-state index contributed by atoms with van der Waals surface area (Å²) in [5.41, 5.74) is 1.57. The number of aryl methyl sites for hydroxylation is 1. The number of aromatic nitrogens is 2. The third kappa shape index (κ3) is 2.68. The number of nitrogens with zero attached hydrogens (tertiary/aromatic N) is 2. The predicted molar refractivity (Wildman–Crippen MR) is 81.2 cm³/mol. The molecule has 0 bridgehead atoms. The van der Waals surface area contributed by atoms with E-state index in [-0.39, 0.29) is 11.4 Å². The molecule has 0 aliphatic heterocycles.